The molecule has 0 atom stereocenters. The summed E-state index contributed by atoms with van der Waals surface area (Å²) in [5.41, 5.74) is 6.66. The summed E-state index contributed by atoms with van der Waals surface area (Å²) in [6.45, 7) is 4.97. The van der Waals surface area contributed by atoms with Crippen LogP contribution in [0.4, 0.5) is 5.69 Å². The molecule has 0 aliphatic heterocycles. The largest absolute Gasteiger partial charge is 0.478 e. The smallest absolute Gasteiger partial charge is 0.338 e. The van der Waals surface area contributed by atoms with Crippen LogP contribution in [-0.4, -0.2) is 17.7 Å². The van der Waals surface area contributed by atoms with Gasteiger partial charge in [0.15, 0.2) is 0 Å². The number of aromatic carboxylic acids is 1. The number of carboxylic acids is 1. The molecule has 0 bridgehead atoms. The summed E-state index contributed by atoms with van der Waals surface area (Å²) in [6, 6.07) is 5.03. The molecule has 4 nitrogen and oxygen atoms in total. The first kappa shape index (κ1) is 12.5. The van der Waals surface area contributed by atoms with Gasteiger partial charge in [-0.1, -0.05) is 26.0 Å². The van der Waals surface area contributed by atoms with Crippen molar-refractivity contribution in [1.82, 2.24) is 0 Å². The molecule has 1 aromatic carbocycles. The number of hydrogen-bond acceptors (Lipinski definition) is 3. The second kappa shape index (κ2) is 5.51. The normalized spacial score (nSPS) is 10.7. The first-order valence-electron chi connectivity index (χ1n) is 5.20. The Morgan fingerprint density at radius 2 is 2.19 bits per heavy atom. The molecule has 1 aromatic rings. The van der Waals surface area contributed by atoms with Crippen LogP contribution in [0.15, 0.2) is 18.2 Å². The van der Waals surface area contributed by atoms with Crippen LogP contribution in [0.2, 0.25) is 0 Å². The van der Waals surface area contributed by atoms with Gasteiger partial charge in [0, 0.05) is 12.3 Å². The number of rotatable bonds is 5. The van der Waals surface area contributed by atoms with E-state index in [9.17, 15) is 4.79 Å². The van der Waals surface area contributed by atoms with E-state index in [-0.39, 0.29) is 17.9 Å². The summed E-state index contributed by atoms with van der Waals surface area (Å²) in [7, 11) is 0. The van der Waals surface area contributed by atoms with Gasteiger partial charge in [0.1, 0.15) is 0 Å². The van der Waals surface area contributed by atoms with Gasteiger partial charge in [-0.3, -0.25) is 0 Å². The number of ether oxygens (including phenoxy) is 1. The summed E-state index contributed by atoms with van der Waals surface area (Å²) in [6.07, 6.45) is 0. The number of nitrogens with two attached hydrogens (primary N) is 1. The van der Waals surface area contributed by atoms with E-state index in [0.29, 0.717) is 18.1 Å². The Hall–Kier alpha value is -1.55. The zero-order valence-electron chi connectivity index (χ0n) is 9.56. The minimum Gasteiger partial charge on any atom is -0.478 e. The van der Waals surface area contributed by atoms with Crippen molar-refractivity contribution in [3.05, 3.63) is 29.3 Å². The first-order chi connectivity index (χ1) is 7.52. The van der Waals surface area contributed by atoms with E-state index in [2.05, 4.69) is 0 Å². The monoisotopic (exact) mass is 223 g/mol. The number of nitrogen functional groups attached to an aromatic ring is 1. The fourth-order valence-corrected chi connectivity index (χ4v) is 1.41. The number of anilines is 1. The summed E-state index contributed by atoms with van der Waals surface area (Å²) in [4.78, 5) is 11.0. The first-order valence-corrected chi connectivity index (χ1v) is 5.20. The van der Waals surface area contributed by atoms with E-state index in [1.54, 1.807) is 18.2 Å². The third-order valence-electron chi connectivity index (χ3n) is 2.11. The van der Waals surface area contributed by atoms with Crippen molar-refractivity contribution in [3.63, 3.8) is 0 Å². The SMILES string of the molecule is CC(C)COCc1cccc(N)c1C(=O)O. The van der Waals surface area contributed by atoms with Crippen molar-refractivity contribution in [1.29, 1.82) is 0 Å². The lowest BCUT2D eigenvalue weighted by molar-refractivity contribution is 0.0683. The third-order valence-corrected chi connectivity index (χ3v) is 2.11. The second-order valence-electron chi connectivity index (χ2n) is 4.10. The maximum absolute atomic E-state index is 11.0. The molecule has 0 aliphatic carbocycles. The molecule has 88 valence electrons. The summed E-state index contributed by atoms with van der Waals surface area (Å²) < 4.78 is 5.41. The Kier molecular flexibility index (Phi) is 4.31. The van der Waals surface area contributed by atoms with Crippen LogP contribution in [0.5, 0.6) is 0 Å². The quantitative estimate of drug-likeness (QED) is 0.750. The van der Waals surface area contributed by atoms with E-state index in [1.807, 2.05) is 13.8 Å². The van der Waals surface area contributed by atoms with Crippen LogP contribution >= 0.6 is 0 Å². The van der Waals surface area contributed by atoms with Crippen LogP contribution in [-0.2, 0) is 11.3 Å². The Labute approximate surface area is 95.0 Å². The summed E-state index contributed by atoms with van der Waals surface area (Å²) >= 11 is 0. The highest BCUT2D eigenvalue weighted by atomic mass is 16.5. The van der Waals surface area contributed by atoms with E-state index >= 15 is 0 Å². The lowest BCUT2D eigenvalue weighted by Gasteiger charge is -2.10. The predicted molar refractivity (Wildman–Crippen MR) is 62.3 cm³/mol. The molecule has 3 N–H and O–H groups in total. The molecule has 0 radical (unpaired) electrons. The Balaban J connectivity index is 2.79. The van der Waals surface area contributed by atoms with Gasteiger partial charge in [0.05, 0.1) is 12.2 Å². The van der Waals surface area contributed by atoms with Crippen molar-refractivity contribution < 1.29 is 14.6 Å². The molecule has 0 aliphatic rings. The van der Waals surface area contributed by atoms with Gasteiger partial charge >= 0.3 is 5.97 Å². The van der Waals surface area contributed by atoms with Gasteiger partial charge in [0.2, 0.25) is 0 Å². The standard InChI is InChI=1S/C12H17NO3/c1-8(2)6-16-7-9-4-3-5-10(13)11(9)12(14)15/h3-5,8H,6-7,13H2,1-2H3,(H,14,15). The van der Waals surface area contributed by atoms with Gasteiger partial charge in [-0.2, -0.15) is 0 Å². The van der Waals surface area contributed by atoms with Crippen LogP contribution < -0.4 is 5.73 Å². The number of carbonyl (C=O) groups is 1. The fourth-order valence-electron chi connectivity index (χ4n) is 1.41. The minimum absolute atomic E-state index is 0.145. The van der Waals surface area contributed by atoms with E-state index < -0.39 is 5.97 Å². The second-order valence-corrected chi connectivity index (χ2v) is 4.10. The number of carboxylic acid groups (broad SMARTS) is 1. The summed E-state index contributed by atoms with van der Waals surface area (Å²) in [5, 5.41) is 9.02. The Bertz CT molecular complexity index is 375. The van der Waals surface area contributed by atoms with Gasteiger partial charge in [0.25, 0.3) is 0 Å². The van der Waals surface area contributed by atoms with E-state index in [4.69, 9.17) is 15.6 Å². The highest BCUT2D eigenvalue weighted by Gasteiger charge is 2.13. The maximum atomic E-state index is 11.0. The third kappa shape index (κ3) is 3.24. The zero-order chi connectivity index (χ0) is 12.1. The molecule has 16 heavy (non-hydrogen) atoms. The molecule has 0 heterocycles. The molecule has 0 fully saturated rings. The van der Waals surface area contributed by atoms with Crippen LogP contribution in [0.3, 0.4) is 0 Å². The topological polar surface area (TPSA) is 72.5 Å². The number of benzene rings is 1. The van der Waals surface area contributed by atoms with Gasteiger partial charge in [-0.25, -0.2) is 4.79 Å². The Morgan fingerprint density at radius 1 is 1.50 bits per heavy atom. The average molecular weight is 223 g/mol. The van der Waals surface area contributed by atoms with E-state index in [1.165, 1.54) is 0 Å². The van der Waals surface area contributed by atoms with Crippen molar-refractivity contribution in [2.75, 3.05) is 12.3 Å². The van der Waals surface area contributed by atoms with E-state index in [0.717, 1.165) is 0 Å². The molecular formula is C12H17NO3. The van der Waals surface area contributed by atoms with Gasteiger partial charge in [-0.05, 0) is 17.5 Å². The number of hydrogen-bond donors (Lipinski definition) is 2. The molecule has 0 spiro atoms. The lowest BCUT2D eigenvalue weighted by atomic mass is 10.1. The average Bonchev–Trinajstić information content (AvgIpc) is 2.16. The summed E-state index contributed by atoms with van der Waals surface area (Å²) in [5.74, 6) is -0.587. The molecule has 0 saturated heterocycles. The Morgan fingerprint density at radius 3 is 2.75 bits per heavy atom. The van der Waals surface area contributed by atoms with Gasteiger partial charge in [-0.15, -0.1) is 0 Å². The highest BCUT2D eigenvalue weighted by molar-refractivity contribution is 5.95. The molecule has 1 rings (SSSR count). The maximum Gasteiger partial charge on any atom is 0.338 e. The molecule has 0 saturated carbocycles. The minimum atomic E-state index is -1.01. The zero-order valence-corrected chi connectivity index (χ0v) is 9.56. The van der Waals surface area contributed by atoms with Crippen LogP contribution in [0.25, 0.3) is 0 Å². The fraction of sp³-hybridized carbons (Fsp3) is 0.417. The van der Waals surface area contributed by atoms with Crippen molar-refractivity contribution in [2.24, 2.45) is 5.92 Å². The van der Waals surface area contributed by atoms with Crippen molar-refractivity contribution >= 4 is 11.7 Å². The molecule has 0 unspecified atom stereocenters. The lowest BCUT2D eigenvalue weighted by Crippen LogP contribution is -2.09. The highest BCUT2D eigenvalue weighted by Crippen LogP contribution is 2.18. The molecule has 0 amide bonds. The molecular weight excluding hydrogens is 206 g/mol. The van der Waals surface area contributed by atoms with Crippen molar-refractivity contribution in [3.8, 4) is 0 Å². The predicted octanol–water partition coefficient (Wildman–Crippen LogP) is 2.14. The van der Waals surface area contributed by atoms with Crippen LogP contribution in [0.1, 0.15) is 29.8 Å². The molecule has 4 heteroatoms. The van der Waals surface area contributed by atoms with Crippen LogP contribution in [0, 0.1) is 5.92 Å². The van der Waals surface area contributed by atoms with Gasteiger partial charge < -0.3 is 15.6 Å². The molecule has 0 aromatic heterocycles. The van der Waals surface area contributed by atoms with Crippen molar-refractivity contribution in [2.45, 2.75) is 20.5 Å².